The smallest absolute Gasteiger partial charge is 0.394 e. The fourth-order valence-corrected chi connectivity index (χ4v) is 1.58. The molecule has 0 spiro atoms. The summed E-state index contributed by atoms with van der Waals surface area (Å²) in [5.41, 5.74) is 0.578. The maximum Gasteiger partial charge on any atom is 0.471 e. The lowest BCUT2D eigenvalue weighted by Crippen LogP contribution is -2.34. The van der Waals surface area contributed by atoms with Crippen LogP contribution in [0.3, 0.4) is 0 Å². The number of amides is 1. The predicted molar refractivity (Wildman–Crippen MR) is 68.8 cm³/mol. The van der Waals surface area contributed by atoms with Gasteiger partial charge in [0.25, 0.3) is 5.91 Å². The summed E-state index contributed by atoms with van der Waals surface area (Å²) < 4.78 is 41.3. The van der Waals surface area contributed by atoms with E-state index in [1.165, 1.54) is 24.3 Å². The first-order valence-corrected chi connectivity index (χ1v) is 6.24. The van der Waals surface area contributed by atoms with Crippen molar-refractivity contribution in [2.24, 2.45) is 0 Å². The summed E-state index contributed by atoms with van der Waals surface area (Å²) in [6.07, 6.45) is -4.70. The monoisotopic (exact) mass is 315 g/mol. The largest absolute Gasteiger partial charge is 0.471 e. The van der Waals surface area contributed by atoms with E-state index in [1.54, 1.807) is 6.92 Å². The molecule has 0 saturated carbocycles. The molecule has 2 N–H and O–H groups in total. The molecule has 6 nitrogen and oxygen atoms in total. The van der Waals surface area contributed by atoms with Gasteiger partial charge in [-0.25, -0.2) is 0 Å². The molecule has 0 radical (unpaired) electrons. The summed E-state index contributed by atoms with van der Waals surface area (Å²) in [6, 6.07) is 5.24. The third-order valence-corrected chi connectivity index (χ3v) is 2.73. The number of carbonyl (C=O) groups is 1. The van der Waals surface area contributed by atoms with Gasteiger partial charge in [0, 0.05) is 17.2 Å². The molecule has 1 aromatic heterocycles. The molecule has 2 aromatic rings. The highest BCUT2D eigenvalue weighted by Crippen LogP contribution is 2.29. The van der Waals surface area contributed by atoms with Crippen molar-refractivity contribution in [3.8, 4) is 11.4 Å². The Morgan fingerprint density at radius 2 is 2.00 bits per heavy atom. The van der Waals surface area contributed by atoms with Crippen LogP contribution >= 0.6 is 0 Å². The highest BCUT2D eigenvalue weighted by molar-refractivity contribution is 5.94. The summed E-state index contributed by atoms with van der Waals surface area (Å²) in [5, 5.41) is 14.6. The van der Waals surface area contributed by atoms with Crippen molar-refractivity contribution in [2.75, 3.05) is 6.61 Å². The molecule has 1 aromatic carbocycles. The van der Waals surface area contributed by atoms with E-state index in [0.29, 0.717) is 5.56 Å². The Morgan fingerprint density at radius 1 is 1.36 bits per heavy atom. The molecule has 1 unspecified atom stereocenters. The summed E-state index contributed by atoms with van der Waals surface area (Å²) in [5.74, 6) is -2.05. The Labute approximate surface area is 123 Å². The zero-order valence-electron chi connectivity index (χ0n) is 11.4. The van der Waals surface area contributed by atoms with Crippen molar-refractivity contribution in [1.29, 1.82) is 0 Å². The number of rotatable bonds is 4. The zero-order valence-corrected chi connectivity index (χ0v) is 11.4. The minimum absolute atomic E-state index is 0.201. The summed E-state index contributed by atoms with van der Waals surface area (Å²) in [7, 11) is 0. The lowest BCUT2D eigenvalue weighted by Gasteiger charge is -2.10. The minimum atomic E-state index is -4.70. The van der Waals surface area contributed by atoms with Crippen molar-refractivity contribution in [2.45, 2.75) is 19.1 Å². The van der Waals surface area contributed by atoms with Gasteiger partial charge in [0.15, 0.2) is 0 Å². The Kier molecular flexibility index (Phi) is 4.45. The number of hydrogen-bond donors (Lipinski definition) is 2. The molecule has 0 fully saturated rings. The molecule has 1 heterocycles. The number of hydrogen-bond acceptors (Lipinski definition) is 5. The number of alkyl halides is 3. The van der Waals surface area contributed by atoms with Gasteiger partial charge in [0.1, 0.15) is 0 Å². The Morgan fingerprint density at radius 3 is 2.50 bits per heavy atom. The second-order valence-corrected chi connectivity index (χ2v) is 4.56. The van der Waals surface area contributed by atoms with Crippen LogP contribution < -0.4 is 5.32 Å². The van der Waals surface area contributed by atoms with Crippen LogP contribution in [0.25, 0.3) is 11.4 Å². The first-order chi connectivity index (χ1) is 10.3. The average Bonchev–Trinajstić information content (AvgIpc) is 2.97. The van der Waals surface area contributed by atoms with E-state index < -0.39 is 24.0 Å². The summed E-state index contributed by atoms with van der Waals surface area (Å²) in [4.78, 5) is 15.0. The minimum Gasteiger partial charge on any atom is -0.394 e. The molecule has 22 heavy (non-hydrogen) atoms. The quantitative estimate of drug-likeness (QED) is 0.899. The van der Waals surface area contributed by atoms with Gasteiger partial charge in [-0.1, -0.05) is 17.3 Å². The third kappa shape index (κ3) is 3.61. The highest BCUT2D eigenvalue weighted by atomic mass is 19.4. The van der Waals surface area contributed by atoms with E-state index >= 15 is 0 Å². The van der Waals surface area contributed by atoms with Gasteiger partial charge in [-0.3, -0.25) is 4.79 Å². The molecule has 1 atom stereocenters. The van der Waals surface area contributed by atoms with E-state index in [2.05, 4.69) is 20.0 Å². The van der Waals surface area contributed by atoms with Crippen molar-refractivity contribution in [3.05, 3.63) is 35.7 Å². The molecule has 118 valence electrons. The Balaban J connectivity index is 2.15. The number of halogens is 3. The SMILES string of the molecule is CC(CO)NC(=O)c1ccc(-c2noc(C(F)(F)F)n2)cc1. The van der Waals surface area contributed by atoms with Gasteiger partial charge < -0.3 is 14.9 Å². The average molecular weight is 315 g/mol. The molecular formula is C13H12F3N3O3. The van der Waals surface area contributed by atoms with Crippen LogP contribution in [-0.4, -0.2) is 33.8 Å². The zero-order chi connectivity index (χ0) is 16.3. The highest BCUT2D eigenvalue weighted by Gasteiger charge is 2.38. The first kappa shape index (κ1) is 16.0. The van der Waals surface area contributed by atoms with Gasteiger partial charge >= 0.3 is 12.1 Å². The van der Waals surface area contributed by atoms with Gasteiger partial charge in [0.05, 0.1) is 6.61 Å². The predicted octanol–water partition coefficient (Wildman–Crippen LogP) is 1.87. The topological polar surface area (TPSA) is 88.2 Å². The fourth-order valence-electron chi connectivity index (χ4n) is 1.58. The van der Waals surface area contributed by atoms with Gasteiger partial charge in [-0.15, -0.1) is 0 Å². The van der Waals surface area contributed by atoms with Crippen LogP contribution in [0.1, 0.15) is 23.2 Å². The number of aromatic nitrogens is 2. The number of nitrogens with one attached hydrogen (secondary N) is 1. The molecule has 2 rings (SSSR count). The number of aliphatic hydroxyl groups excluding tert-OH is 1. The van der Waals surface area contributed by atoms with Crippen molar-refractivity contribution >= 4 is 5.91 Å². The number of nitrogens with zero attached hydrogens (tertiary/aromatic N) is 2. The van der Waals surface area contributed by atoms with E-state index in [-0.39, 0.29) is 18.0 Å². The van der Waals surface area contributed by atoms with Crippen LogP contribution in [0.2, 0.25) is 0 Å². The van der Waals surface area contributed by atoms with Gasteiger partial charge in [-0.05, 0) is 19.1 Å². The summed E-state index contributed by atoms with van der Waals surface area (Å²) >= 11 is 0. The molecule has 0 bridgehead atoms. The van der Waals surface area contributed by atoms with Crippen LogP contribution in [0.15, 0.2) is 28.8 Å². The first-order valence-electron chi connectivity index (χ1n) is 6.24. The molecule has 0 aliphatic rings. The maximum absolute atomic E-state index is 12.4. The Hall–Kier alpha value is -2.42. The van der Waals surface area contributed by atoms with Gasteiger partial charge in [0.2, 0.25) is 5.82 Å². The molecule has 0 saturated heterocycles. The lowest BCUT2D eigenvalue weighted by molar-refractivity contribution is -0.159. The number of carbonyl (C=O) groups excluding carboxylic acids is 1. The van der Waals surface area contributed by atoms with Crippen molar-refractivity contribution in [3.63, 3.8) is 0 Å². The summed E-state index contributed by atoms with van der Waals surface area (Å²) in [6.45, 7) is 1.43. The molecular weight excluding hydrogens is 303 g/mol. The Bertz CT molecular complexity index is 653. The van der Waals surface area contributed by atoms with E-state index in [1.807, 2.05) is 0 Å². The second-order valence-electron chi connectivity index (χ2n) is 4.56. The van der Waals surface area contributed by atoms with Crippen LogP contribution in [0.5, 0.6) is 0 Å². The molecule has 9 heteroatoms. The lowest BCUT2D eigenvalue weighted by atomic mass is 10.1. The van der Waals surface area contributed by atoms with Gasteiger partial charge in [-0.2, -0.15) is 18.2 Å². The van der Waals surface area contributed by atoms with E-state index in [9.17, 15) is 18.0 Å². The number of benzene rings is 1. The van der Waals surface area contributed by atoms with Crippen LogP contribution in [0.4, 0.5) is 13.2 Å². The molecule has 0 aliphatic carbocycles. The van der Waals surface area contributed by atoms with Crippen LogP contribution in [-0.2, 0) is 6.18 Å². The van der Waals surface area contributed by atoms with E-state index in [4.69, 9.17) is 5.11 Å². The van der Waals surface area contributed by atoms with Crippen molar-refractivity contribution < 1.29 is 27.6 Å². The normalized spacial score (nSPS) is 13.0. The second kappa shape index (κ2) is 6.14. The molecule has 1 amide bonds. The standard InChI is InChI=1S/C13H12F3N3O3/c1-7(6-20)17-11(21)9-4-2-8(3-5-9)10-18-12(22-19-10)13(14,15)16/h2-5,7,20H,6H2,1H3,(H,17,21). The number of aliphatic hydroxyl groups is 1. The maximum atomic E-state index is 12.4. The van der Waals surface area contributed by atoms with E-state index in [0.717, 1.165) is 0 Å². The van der Waals surface area contributed by atoms with Crippen molar-refractivity contribution in [1.82, 2.24) is 15.5 Å². The third-order valence-electron chi connectivity index (χ3n) is 2.73. The van der Waals surface area contributed by atoms with Crippen LogP contribution in [0, 0.1) is 0 Å². The molecule has 0 aliphatic heterocycles. The fraction of sp³-hybridized carbons (Fsp3) is 0.308.